The Bertz CT molecular complexity index is 649. The third-order valence-corrected chi connectivity index (χ3v) is 3.71. The minimum absolute atomic E-state index is 0.274. The number of aliphatic hydroxyl groups excluding tert-OH is 1. The molecule has 2 fully saturated rings. The molecule has 108 valence electrons. The van der Waals surface area contributed by atoms with Crippen LogP contribution in [0.2, 0.25) is 0 Å². The SMILES string of the molecule is Cc1ccc(C#CCO)c(N2C(=O)C3CCC(O3)C2=O)c1. The predicted octanol–water partition coefficient (Wildman–Crippen LogP) is 0.760. The van der Waals surface area contributed by atoms with Crippen LogP contribution in [-0.2, 0) is 14.3 Å². The predicted molar refractivity (Wildman–Crippen MR) is 75.5 cm³/mol. The highest BCUT2D eigenvalue weighted by Gasteiger charge is 2.47. The quantitative estimate of drug-likeness (QED) is 0.611. The normalized spacial score (nSPS) is 24.0. The molecule has 2 atom stereocenters. The molecule has 1 aromatic rings. The van der Waals surface area contributed by atoms with Crippen LogP contribution in [0.4, 0.5) is 5.69 Å². The van der Waals surface area contributed by atoms with Crippen LogP contribution in [0.1, 0.15) is 24.0 Å². The highest BCUT2D eigenvalue weighted by molar-refractivity contribution is 6.20. The number of morpholine rings is 1. The Kier molecular flexibility index (Phi) is 3.50. The molecule has 5 heteroatoms. The molecule has 5 nitrogen and oxygen atoms in total. The molecule has 1 N–H and O–H groups in total. The van der Waals surface area contributed by atoms with Gasteiger partial charge in [0, 0.05) is 5.56 Å². The summed E-state index contributed by atoms with van der Waals surface area (Å²) in [6, 6.07) is 5.38. The number of rotatable bonds is 1. The van der Waals surface area contributed by atoms with E-state index in [1.165, 1.54) is 4.90 Å². The topological polar surface area (TPSA) is 66.8 Å². The molecule has 2 bridgehead atoms. The summed E-state index contributed by atoms with van der Waals surface area (Å²) >= 11 is 0. The fourth-order valence-corrected chi connectivity index (χ4v) is 2.70. The standard InChI is InChI=1S/C16H15NO4/c1-10-4-5-11(3-2-8-18)12(9-10)17-15(19)13-6-7-14(21-13)16(17)20/h4-5,9,13-14,18H,6-8H2,1H3. The van der Waals surface area contributed by atoms with E-state index >= 15 is 0 Å². The minimum atomic E-state index is -0.535. The van der Waals surface area contributed by atoms with Gasteiger partial charge in [0.1, 0.15) is 18.8 Å². The first-order chi connectivity index (χ1) is 10.1. The van der Waals surface area contributed by atoms with Crippen LogP contribution in [-0.4, -0.2) is 35.7 Å². The van der Waals surface area contributed by atoms with Crippen LogP contribution in [0.5, 0.6) is 0 Å². The van der Waals surface area contributed by atoms with Gasteiger partial charge in [0.25, 0.3) is 11.8 Å². The molecule has 0 aromatic heterocycles. The number of anilines is 1. The average Bonchev–Trinajstić information content (AvgIpc) is 2.92. The number of hydrogen-bond donors (Lipinski definition) is 1. The smallest absolute Gasteiger partial charge is 0.263 e. The lowest BCUT2D eigenvalue weighted by atomic mass is 10.1. The second kappa shape index (κ2) is 5.32. The van der Waals surface area contributed by atoms with Gasteiger partial charge in [-0.3, -0.25) is 9.59 Å². The van der Waals surface area contributed by atoms with E-state index in [1.54, 1.807) is 12.1 Å². The Labute approximate surface area is 122 Å². The lowest BCUT2D eigenvalue weighted by Crippen LogP contribution is -2.52. The summed E-state index contributed by atoms with van der Waals surface area (Å²) < 4.78 is 5.41. The molecule has 3 rings (SSSR count). The first-order valence-electron chi connectivity index (χ1n) is 6.85. The molecular weight excluding hydrogens is 270 g/mol. The van der Waals surface area contributed by atoms with E-state index in [-0.39, 0.29) is 18.4 Å². The number of carbonyl (C=O) groups excluding carboxylic acids is 2. The Morgan fingerprint density at radius 1 is 1.29 bits per heavy atom. The second-order valence-electron chi connectivity index (χ2n) is 5.18. The van der Waals surface area contributed by atoms with Crippen molar-refractivity contribution < 1.29 is 19.4 Å². The van der Waals surface area contributed by atoms with Crippen LogP contribution in [0.3, 0.4) is 0 Å². The number of imide groups is 1. The van der Waals surface area contributed by atoms with Gasteiger partial charge in [-0.25, -0.2) is 4.90 Å². The van der Waals surface area contributed by atoms with Gasteiger partial charge < -0.3 is 9.84 Å². The zero-order valence-electron chi connectivity index (χ0n) is 11.6. The van der Waals surface area contributed by atoms with Crippen molar-refractivity contribution in [2.75, 3.05) is 11.5 Å². The van der Waals surface area contributed by atoms with E-state index in [2.05, 4.69) is 11.8 Å². The van der Waals surface area contributed by atoms with Gasteiger partial charge in [-0.05, 0) is 37.5 Å². The maximum Gasteiger partial charge on any atom is 0.263 e. The molecule has 1 aromatic carbocycles. The van der Waals surface area contributed by atoms with E-state index in [4.69, 9.17) is 9.84 Å². The van der Waals surface area contributed by atoms with Crippen LogP contribution in [0.15, 0.2) is 18.2 Å². The number of nitrogens with zero attached hydrogens (tertiary/aromatic N) is 1. The van der Waals surface area contributed by atoms with Crippen molar-refractivity contribution in [1.82, 2.24) is 0 Å². The zero-order valence-corrected chi connectivity index (χ0v) is 11.6. The van der Waals surface area contributed by atoms with Gasteiger partial charge >= 0.3 is 0 Å². The molecule has 2 amide bonds. The summed E-state index contributed by atoms with van der Waals surface area (Å²) in [4.78, 5) is 26.0. The molecule has 2 saturated heterocycles. The van der Waals surface area contributed by atoms with Crippen LogP contribution < -0.4 is 4.90 Å². The second-order valence-corrected chi connectivity index (χ2v) is 5.18. The van der Waals surface area contributed by atoms with Crippen molar-refractivity contribution in [2.45, 2.75) is 32.0 Å². The van der Waals surface area contributed by atoms with E-state index in [1.807, 2.05) is 13.0 Å². The van der Waals surface area contributed by atoms with Crippen molar-refractivity contribution in [3.8, 4) is 11.8 Å². The minimum Gasteiger partial charge on any atom is -0.384 e. The van der Waals surface area contributed by atoms with Crippen molar-refractivity contribution in [1.29, 1.82) is 0 Å². The lowest BCUT2D eigenvalue weighted by Gasteiger charge is -2.30. The fraction of sp³-hybridized carbons (Fsp3) is 0.375. The van der Waals surface area contributed by atoms with Gasteiger partial charge in [0.05, 0.1) is 5.69 Å². The maximum absolute atomic E-state index is 12.4. The molecule has 21 heavy (non-hydrogen) atoms. The van der Waals surface area contributed by atoms with E-state index in [0.29, 0.717) is 24.1 Å². The highest BCUT2D eigenvalue weighted by Crippen LogP contribution is 2.33. The number of fused-ring (bicyclic) bond motifs is 2. The van der Waals surface area contributed by atoms with Gasteiger partial charge in [-0.1, -0.05) is 17.9 Å². The number of benzene rings is 1. The summed E-state index contributed by atoms with van der Waals surface area (Å²) in [6.45, 7) is 1.61. The number of carbonyl (C=O) groups is 2. The molecular formula is C16H15NO4. The Hall–Kier alpha value is -2.16. The van der Waals surface area contributed by atoms with Crippen LogP contribution >= 0.6 is 0 Å². The third-order valence-electron chi connectivity index (χ3n) is 3.71. The van der Waals surface area contributed by atoms with Crippen molar-refractivity contribution in [2.24, 2.45) is 0 Å². The molecule has 2 aliphatic heterocycles. The van der Waals surface area contributed by atoms with Crippen LogP contribution in [0.25, 0.3) is 0 Å². The summed E-state index contributed by atoms with van der Waals surface area (Å²) in [5.41, 5.74) is 1.96. The van der Waals surface area contributed by atoms with Crippen molar-refractivity contribution in [3.63, 3.8) is 0 Å². The molecule has 0 aliphatic carbocycles. The van der Waals surface area contributed by atoms with Crippen LogP contribution in [0, 0.1) is 18.8 Å². The van der Waals surface area contributed by atoms with Crippen molar-refractivity contribution >= 4 is 17.5 Å². The lowest BCUT2D eigenvalue weighted by molar-refractivity contribution is -0.146. The molecule has 2 heterocycles. The number of ether oxygens (including phenoxy) is 1. The molecule has 0 radical (unpaired) electrons. The average molecular weight is 285 g/mol. The number of amides is 2. The van der Waals surface area contributed by atoms with E-state index < -0.39 is 12.2 Å². The summed E-state index contributed by atoms with van der Waals surface area (Å²) in [6.07, 6.45) is 0.0865. The van der Waals surface area contributed by atoms with Gasteiger partial charge in [0.15, 0.2) is 0 Å². The van der Waals surface area contributed by atoms with Gasteiger partial charge in [0.2, 0.25) is 0 Å². The molecule has 0 spiro atoms. The Morgan fingerprint density at radius 3 is 2.57 bits per heavy atom. The maximum atomic E-state index is 12.4. The Morgan fingerprint density at radius 2 is 1.95 bits per heavy atom. The van der Waals surface area contributed by atoms with E-state index in [0.717, 1.165) is 5.56 Å². The molecule has 2 aliphatic rings. The number of aliphatic hydroxyl groups is 1. The fourth-order valence-electron chi connectivity index (χ4n) is 2.70. The summed E-state index contributed by atoms with van der Waals surface area (Å²) in [5, 5.41) is 8.84. The number of hydrogen-bond acceptors (Lipinski definition) is 4. The first-order valence-corrected chi connectivity index (χ1v) is 6.85. The summed E-state index contributed by atoms with van der Waals surface area (Å²) in [7, 11) is 0. The third kappa shape index (κ3) is 2.33. The van der Waals surface area contributed by atoms with Crippen molar-refractivity contribution in [3.05, 3.63) is 29.3 Å². The summed E-state index contributed by atoms with van der Waals surface area (Å²) in [5.74, 6) is 4.69. The largest absolute Gasteiger partial charge is 0.384 e. The Balaban J connectivity index is 2.08. The molecule has 0 saturated carbocycles. The molecule has 2 unspecified atom stereocenters. The zero-order chi connectivity index (χ0) is 15.0. The van der Waals surface area contributed by atoms with Gasteiger partial charge in [-0.2, -0.15) is 0 Å². The van der Waals surface area contributed by atoms with Gasteiger partial charge in [-0.15, -0.1) is 0 Å². The highest BCUT2D eigenvalue weighted by atomic mass is 16.5. The first kappa shape index (κ1) is 13.8. The number of aryl methyl sites for hydroxylation is 1. The monoisotopic (exact) mass is 285 g/mol. The van der Waals surface area contributed by atoms with E-state index in [9.17, 15) is 9.59 Å².